The van der Waals surface area contributed by atoms with Crippen molar-refractivity contribution in [3.05, 3.63) is 28.5 Å². The standard InChI is InChI=1S/C14H20BrN3.2ClH/c15-14-3-1-2-12(17-14)13(10-11-4-5-11)18-8-6-16-7-9-18;;/h1-3,11,13,16H,4-10H2;2*1H/t13-;;/m1../s1. The molecule has 0 radical (unpaired) electrons. The van der Waals surface area contributed by atoms with Gasteiger partial charge < -0.3 is 5.32 Å². The van der Waals surface area contributed by atoms with Crippen molar-refractivity contribution in [3.63, 3.8) is 0 Å². The van der Waals surface area contributed by atoms with Crippen LogP contribution in [0.1, 0.15) is 31.0 Å². The number of pyridine rings is 1. The summed E-state index contributed by atoms with van der Waals surface area (Å²) in [5, 5.41) is 3.43. The minimum atomic E-state index is 0. The van der Waals surface area contributed by atoms with Crippen LogP contribution in [-0.4, -0.2) is 36.1 Å². The van der Waals surface area contributed by atoms with E-state index in [1.807, 2.05) is 6.07 Å². The summed E-state index contributed by atoms with van der Waals surface area (Å²) in [4.78, 5) is 7.28. The van der Waals surface area contributed by atoms with E-state index in [2.05, 4.69) is 43.3 Å². The molecule has 2 heterocycles. The highest BCUT2D eigenvalue weighted by atomic mass is 79.9. The molecule has 1 aromatic rings. The molecule has 0 spiro atoms. The van der Waals surface area contributed by atoms with Crippen molar-refractivity contribution < 1.29 is 0 Å². The quantitative estimate of drug-likeness (QED) is 0.808. The zero-order valence-corrected chi connectivity index (χ0v) is 14.6. The molecule has 1 saturated carbocycles. The van der Waals surface area contributed by atoms with E-state index in [4.69, 9.17) is 0 Å². The van der Waals surface area contributed by atoms with E-state index in [0.717, 1.165) is 36.7 Å². The first-order chi connectivity index (χ1) is 8.83. The van der Waals surface area contributed by atoms with Gasteiger partial charge in [0.2, 0.25) is 0 Å². The fraction of sp³-hybridized carbons (Fsp3) is 0.643. The van der Waals surface area contributed by atoms with E-state index in [-0.39, 0.29) is 24.8 Å². The Morgan fingerprint density at radius 1 is 1.25 bits per heavy atom. The number of aromatic nitrogens is 1. The topological polar surface area (TPSA) is 28.2 Å². The molecule has 1 aromatic heterocycles. The van der Waals surface area contributed by atoms with Crippen LogP contribution in [-0.2, 0) is 0 Å². The summed E-state index contributed by atoms with van der Waals surface area (Å²) in [6, 6.07) is 6.81. The summed E-state index contributed by atoms with van der Waals surface area (Å²) in [5.74, 6) is 0.936. The summed E-state index contributed by atoms with van der Waals surface area (Å²) in [7, 11) is 0. The van der Waals surface area contributed by atoms with Gasteiger partial charge in [0.25, 0.3) is 0 Å². The zero-order valence-electron chi connectivity index (χ0n) is 11.4. The number of halogens is 3. The summed E-state index contributed by atoms with van der Waals surface area (Å²) < 4.78 is 0.955. The molecule has 0 unspecified atom stereocenters. The van der Waals surface area contributed by atoms with E-state index in [1.165, 1.54) is 25.0 Å². The molecule has 1 aliphatic carbocycles. The normalized spacial score (nSPS) is 20.6. The molecular weight excluding hydrogens is 361 g/mol. The zero-order chi connectivity index (χ0) is 12.4. The average molecular weight is 383 g/mol. The van der Waals surface area contributed by atoms with E-state index in [1.54, 1.807) is 0 Å². The van der Waals surface area contributed by atoms with Gasteiger partial charge in [0.1, 0.15) is 4.60 Å². The summed E-state index contributed by atoms with van der Waals surface area (Å²) in [5.41, 5.74) is 1.23. The molecular formula is C14H22BrCl2N3. The summed E-state index contributed by atoms with van der Waals surface area (Å²) in [6.45, 7) is 4.50. The fourth-order valence-corrected chi connectivity index (χ4v) is 3.09. The number of hydrogen-bond donors (Lipinski definition) is 1. The molecule has 0 aromatic carbocycles. The molecule has 1 atom stereocenters. The SMILES string of the molecule is Brc1cccc([C@@H](CC2CC2)N2CCNCC2)n1.Cl.Cl. The number of piperazine rings is 1. The Hall–Kier alpha value is 0.130. The lowest BCUT2D eigenvalue weighted by atomic mass is 10.0. The molecule has 1 N–H and O–H groups in total. The van der Waals surface area contributed by atoms with Crippen LogP contribution in [0.3, 0.4) is 0 Å². The summed E-state index contributed by atoms with van der Waals surface area (Å²) >= 11 is 3.49. The lowest BCUT2D eigenvalue weighted by Crippen LogP contribution is -2.45. The highest BCUT2D eigenvalue weighted by Crippen LogP contribution is 2.39. The van der Waals surface area contributed by atoms with Crippen molar-refractivity contribution >= 4 is 40.7 Å². The third kappa shape index (κ3) is 4.85. The monoisotopic (exact) mass is 381 g/mol. The second-order valence-electron chi connectivity index (χ2n) is 5.37. The van der Waals surface area contributed by atoms with Crippen molar-refractivity contribution in [1.82, 2.24) is 15.2 Å². The first kappa shape index (κ1) is 18.2. The molecule has 0 bridgehead atoms. The van der Waals surface area contributed by atoms with E-state index < -0.39 is 0 Å². The van der Waals surface area contributed by atoms with Crippen molar-refractivity contribution in [1.29, 1.82) is 0 Å². The largest absolute Gasteiger partial charge is 0.314 e. The Morgan fingerprint density at radius 2 is 1.95 bits per heavy atom. The third-order valence-corrected chi connectivity index (χ3v) is 4.37. The predicted molar refractivity (Wildman–Crippen MR) is 91.0 cm³/mol. The Bertz CT molecular complexity index is 409. The number of rotatable bonds is 4. The Kier molecular flexibility index (Phi) is 7.77. The predicted octanol–water partition coefficient (Wildman–Crippen LogP) is 3.43. The van der Waals surface area contributed by atoms with Crippen LogP contribution < -0.4 is 5.32 Å². The van der Waals surface area contributed by atoms with Crippen molar-refractivity contribution in [2.24, 2.45) is 5.92 Å². The highest BCUT2D eigenvalue weighted by Gasteiger charge is 2.31. The Morgan fingerprint density at radius 3 is 2.55 bits per heavy atom. The maximum atomic E-state index is 4.68. The second-order valence-corrected chi connectivity index (χ2v) is 6.18. The minimum Gasteiger partial charge on any atom is -0.314 e. The van der Waals surface area contributed by atoms with Gasteiger partial charge in [0, 0.05) is 26.2 Å². The summed E-state index contributed by atoms with van der Waals surface area (Å²) in [6.07, 6.45) is 4.11. The first-order valence-corrected chi connectivity index (χ1v) is 7.69. The van der Waals surface area contributed by atoms with Gasteiger partial charge in [-0.15, -0.1) is 24.8 Å². The molecule has 20 heavy (non-hydrogen) atoms. The van der Waals surface area contributed by atoms with Gasteiger partial charge >= 0.3 is 0 Å². The molecule has 3 rings (SSSR count). The van der Waals surface area contributed by atoms with Crippen LogP contribution in [0.15, 0.2) is 22.8 Å². The van der Waals surface area contributed by atoms with Crippen LogP contribution in [0.5, 0.6) is 0 Å². The number of hydrogen-bond acceptors (Lipinski definition) is 3. The van der Waals surface area contributed by atoms with Gasteiger partial charge in [-0.3, -0.25) is 4.90 Å². The van der Waals surface area contributed by atoms with Crippen molar-refractivity contribution in [2.45, 2.75) is 25.3 Å². The Labute approximate surface area is 141 Å². The lowest BCUT2D eigenvalue weighted by Gasteiger charge is -2.34. The van der Waals surface area contributed by atoms with Gasteiger partial charge in [-0.2, -0.15) is 0 Å². The fourth-order valence-electron chi connectivity index (χ4n) is 2.73. The maximum absolute atomic E-state index is 4.68. The molecule has 2 fully saturated rings. The smallest absolute Gasteiger partial charge is 0.106 e. The van der Waals surface area contributed by atoms with Crippen molar-refractivity contribution in [3.8, 4) is 0 Å². The molecule has 114 valence electrons. The van der Waals surface area contributed by atoms with Crippen molar-refractivity contribution in [2.75, 3.05) is 26.2 Å². The first-order valence-electron chi connectivity index (χ1n) is 6.90. The van der Waals surface area contributed by atoms with Crippen LogP contribution in [0.25, 0.3) is 0 Å². The van der Waals surface area contributed by atoms with Crippen LogP contribution >= 0.6 is 40.7 Å². The van der Waals surface area contributed by atoms with Crippen LogP contribution in [0, 0.1) is 5.92 Å². The van der Waals surface area contributed by atoms with Gasteiger partial charge in [-0.25, -0.2) is 4.98 Å². The van der Waals surface area contributed by atoms with Gasteiger partial charge in [-0.05, 0) is 40.4 Å². The second kappa shape index (κ2) is 8.54. The van der Waals surface area contributed by atoms with E-state index in [9.17, 15) is 0 Å². The number of nitrogens with zero attached hydrogens (tertiary/aromatic N) is 2. The molecule has 1 saturated heterocycles. The van der Waals surface area contributed by atoms with E-state index >= 15 is 0 Å². The molecule has 0 amide bonds. The molecule has 3 nitrogen and oxygen atoms in total. The minimum absolute atomic E-state index is 0. The average Bonchev–Trinajstić information content (AvgIpc) is 3.21. The molecule has 2 aliphatic rings. The van der Waals surface area contributed by atoms with Gasteiger partial charge in [0.05, 0.1) is 11.7 Å². The maximum Gasteiger partial charge on any atom is 0.106 e. The molecule has 6 heteroatoms. The Balaban J connectivity index is 0.000001000. The number of nitrogens with one attached hydrogen (secondary N) is 1. The van der Waals surface area contributed by atoms with Crippen LogP contribution in [0.2, 0.25) is 0 Å². The van der Waals surface area contributed by atoms with Gasteiger partial charge in [-0.1, -0.05) is 18.9 Å². The highest BCUT2D eigenvalue weighted by molar-refractivity contribution is 9.10. The third-order valence-electron chi connectivity index (χ3n) is 3.92. The van der Waals surface area contributed by atoms with Gasteiger partial charge in [0.15, 0.2) is 0 Å². The van der Waals surface area contributed by atoms with E-state index in [0.29, 0.717) is 6.04 Å². The molecule has 1 aliphatic heterocycles. The van der Waals surface area contributed by atoms with Crippen LogP contribution in [0.4, 0.5) is 0 Å². The lowest BCUT2D eigenvalue weighted by molar-refractivity contribution is 0.157.